The van der Waals surface area contributed by atoms with Gasteiger partial charge in [-0.2, -0.15) is 0 Å². The van der Waals surface area contributed by atoms with Gasteiger partial charge in [-0.3, -0.25) is 9.69 Å². The minimum atomic E-state index is -0.0274. The van der Waals surface area contributed by atoms with Crippen molar-refractivity contribution in [2.75, 3.05) is 24.2 Å². The number of thiazole rings is 1. The van der Waals surface area contributed by atoms with Gasteiger partial charge < -0.3 is 9.84 Å². The van der Waals surface area contributed by atoms with E-state index in [0.29, 0.717) is 16.6 Å². The molecular weight excluding hydrogens is 400 g/mol. The molecule has 1 N–H and O–H groups in total. The van der Waals surface area contributed by atoms with Crippen molar-refractivity contribution in [1.82, 2.24) is 15.0 Å². The number of anilines is 1. The van der Waals surface area contributed by atoms with Crippen LogP contribution in [0.3, 0.4) is 0 Å². The molecule has 3 aromatic heterocycles. The molecule has 0 spiro atoms. The summed E-state index contributed by atoms with van der Waals surface area (Å²) in [4.78, 5) is 21.5. The number of likely N-dealkylation sites (N-methyl/N-ethyl adjacent to an activating group) is 1. The standard InChI is InChI=1S/C18H20N4O2S3/c1-2-22-6-5-13-16(9-22)27-18(19-13)20-17(23)11-25-10-12-8-14(24-21-12)15-4-3-7-26-15/h3-4,7-8H,2,5-6,9-11H2,1H3,(H,19,20,23). The van der Waals surface area contributed by atoms with Gasteiger partial charge in [-0.15, -0.1) is 34.4 Å². The van der Waals surface area contributed by atoms with E-state index in [1.165, 1.54) is 16.6 Å². The monoisotopic (exact) mass is 420 g/mol. The summed E-state index contributed by atoms with van der Waals surface area (Å²) in [5, 5.41) is 9.73. The summed E-state index contributed by atoms with van der Waals surface area (Å²) in [6, 6.07) is 5.92. The molecule has 1 amide bonds. The molecule has 0 saturated heterocycles. The third-order valence-corrected chi connectivity index (χ3v) is 7.16. The van der Waals surface area contributed by atoms with Crippen LogP contribution in [0.15, 0.2) is 28.1 Å². The van der Waals surface area contributed by atoms with E-state index in [9.17, 15) is 4.79 Å². The lowest BCUT2D eigenvalue weighted by Gasteiger charge is -2.23. The molecule has 0 radical (unpaired) electrons. The van der Waals surface area contributed by atoms with Gasteiger partial charge in [0, 0.05) is 36.2 Å². The van der Waals surface area contributed by atoms with Crippen LogP contribution in [0.2, 0.25) is 0 Å². The van der Waals surface area contributed by atoms with Gasteiger partial charge >= 0.3 is 0 Å². The second-order valence-electron chi connectivity index (χ2n) is 6.21. The van der Waals surface area contributed by atoms with Crippen molar-refractivity contribution < 1.29 is 9.32 Å². The van der Waals surface area contributed by atoms with Crippen LogP contribution in [-0.2, 0) is 23.5 Å². The smallest absolute Gasteiger partial charge is 0.236 e. The molecule has 0 fully saturated rings. The molecule has 0 aromatic carbocycles. The van der Waals surface area contributed by atoms with E-state index in [4.69, 9.17) is 4.52 Å². The maximum absolute atomic E-state index is 12.2. The van der Waals surface area contributed by atoms with Crippen molar-refractivity contribution >= 4 is 45.5 Å². The lowest BCUT2D eigenvalue weighted by atomic mass is 10.2. The summed E-state index contributed by atoms with van der Waals surface area (Å²) < 4.78 is 5.36. The van der Waals surface area contributed by atoms with E-state index in [1.54, 1.807) is 22.7 Å². The Hall–Kier alpha value is -1.68. The first kappa shape index (κ1) is 18.7. The number of hydrogen-bond donors (Lipinski definition) is 1. The molecular formula is C18H20N4O2S3. The zero-order valence-electron chi connectivity index (χ0n) is 14.9. The normalized spacial score (nSPS) is 14.3. The van der Waals surface area contributed by atoms with Gasteiger partial charge in [-0.05, 0) is 18.0 Å². The zero-order chi connectivity index (χ0) is 18.6. The largest absolute Gasteiger partial charge is 0.355 e. The Morgan fingerprint density at radius 2 is 2.41 bits per heavy atom. The minimum absolute atomic E-state index is 0.0274. The molecule has 1 aliphatic heterocycles. The number of nitrogens with one attached hydrogen (secondary N) is 1. The Labute approximate surface area is 170 Å². The van der Waals surface area contributed by atoms with Gasteiger partial charge in [0.1, 0.15) is 0 Å². The first-order valence-corrected chi connectivity index (χ1v) is 11.6. The summed E-state index contributed by atoms with van der Waals surface area (Å²) >= 11 is 4.73. The maximum atomic E-state index is 12.2. The third-order valence-electron chi connectivity index (χ3n) is 4.31. The number of amides is 1. The van der Waals surface area contributed by atoms with Gasteiger partial charge in [0.15, 0.2) is 10.9 Å². The predicted molar refractivity (Wildman–Crippen MR) is 111 cm³/mol. The van der Waals surface area contributed by atoms with Gasteiger partial charge in [-0.1, -0.05) is 18.1 Å². The summed E-state index contributed by atoms with van der Waals surface area (Å²) in [6.45, 7) is 5.20. The second kappa shape index (κ2) is 8.55. The highest BCUT2D eigenvalue weighted by Gasteiger charge is 2.20. The number of aromatic nitrogens is 2. The Morgan fingerprint density at radius 1 is 1.48 bits per heavy atom. The SMILES string of the molecule is CCN1CCc2nc(NC(=O)CSCc3cc(-c4cccs4)on3)sc2C1. The lowest BCUT2D eigenvalue weighted by molar-refractivity contribution is -0.113. The molecule has 0 aliphatic carbocycles. The van der Waals surface area contributed by atoms with Crippen molar-refractivity contribution in [3.05, 3.63) is 39.8 Å². The Morgan fingerprint density at radius 3 is 3.22 bits per heavy atom. The van der Waals surface area contributed by atoms with Crippen LogP contribution in [0.4, 0.5) is 5.13 Å². The van der Waals surface area contributed by atoms with Gasteiger partial charge in [-0.25, -0.2) is 4.98 Å². The van der Waals surface area contributed by atoms with Crippen LogP contribution < -0.4 is 5.32 Å². The number of carbonyl (C=O) groups excluding carboxylic acids is 1. The quantitative estimate of drug-likeness (QED) is 0.620. The molecule has 0 unspecified atom stereocenters. The molecule has 3 aromatic rings. The Balaban J connectivity index is 1.25. The number of hydrogen-bond acceptors (Lipinski definition) is 8. The van der Waals surface area contributed by atoms with Gasteiger partial charge in [0.2, 0.25) is 5.91 Å². The topological polar surface area (TPSA) is 71.3 Å². The molecule has 0 atom stereocenters. The van der Waals surface area contributed by atoms with Crippen LogP contribution in [0.25, 0.3) is 10.6 Å². The number of carbonyl (C=O) groups is 1. The molecule has 0 saturated carbocycles. The number of thioether (sulfide) groups is 1. The van der Waals surface area contributed by atoms with E-state index in [-0.39, 0.29) is 5.91 Å². The van der Waals surface area contributed by atoms with Crippen molar-refractivity contribution in [2.24, 2.45) is 0 Å². The van der Waals surface area contributed by atoms with Crippen LogP contribution in [0.1, 0.15) is 23.2 Å². The van der Waals surface area contributed by atoms with E-state index < -0.39 is 0 Å². The second-order valence-corrected chi connectivity index (χ2v) is 9.23. The average Bonchev–Trinajstić information content (AvgIpc) is 3.40. The zero-order valence-corrected chi connectivity index (χ0v) is 17.4. The fraction of sp³-hybridized carbons (Fsp3) is 0.389. The first-order chi connectivity index (χ1) is 13.2. The molecule has 27 heavy (non-hydrogen) atoms. The molecule has 1 aliphatic rings. The Bertz CT molecular complexity index is 904. The number of rotatable bonds is 7. The van der Waals surface area contributed by atoms with Gasteiger partial charge in [0.05, 0.1) is 22.0 Å². The Kier molecular flexibility index (Phi) is 5.92. The lowest BCUT2D eigenvalue weighted by Crippen LogP contribution is -2.29. The van der Waals surface area contributed by atoms with Crippen LogP contribution in [-0.4, -0.2) is 39.8 Å². The number of nitrogens with zero attached hydrogens (tertiary/aromatic N) is 3. The summed E-state index contributed by atoms with van der Waals surface area (Å²) in [7, 11) is 0. The maximum Gasteiger partial charge on any atom is 0.236 e. The summed E-state index contributed by atoms with van der Waals surface area (Å²) in [5.41, 5.74) is 1.98. The molecule has 9 heteroatoms. The number of thiophene rings is 1. The summed E-state index contributed by atoms with van der Waals surface area (Å²) in [5.74, 6) is 1.76. The fourth-order valence-corrected chi connectivity index (χ4v) is 5.33. The molecule has 142 valence electrons. The van der Waals surface area contributed by atoms with E-state index in [1.807, 2.05) is 23.6 Å². The van der Waals surface area contributed by atoms with E-state index in [0.717, 1.165) is 48.1 Å². The highest BCUT2D eigenvalue weighted by molar-refractivity contribution is 7.99. The predicted octanol–water partition coefficient (Wildman–Crippen LogP) is 4.11. The number of fused-ring (bicyclic) bond motifs is 1. The highest BCUT2D eigenvalue weighted by Crippen LogP contribution is 2.29. The van der Waals surface area contributed by atoms with Crippen molar-refractivity contribution in [2.45, 2.75) is 25.6 Å². The van der Waals surface area contributed by atoms with Crippen molar-refractivity contribution in [1.29, 1.82) is 0 Å². The molecule has 4 heterocycles. The van der Waals surface area contributed by atoms with Crippen molar-refractivity contribution in [3.63, 3.8) is 0 Å². The van der Waals surface area contributed by atoms with E-state index in [2.05, 4.69) is 27.3 Å². The molecule has 4 rings (SSSR count). The summed E-state index contributed by atoms with van der Waals surface area (Å²) in [6.07, 6.45) is 0.961. The molecule has 6 nitrogen and oxygen atoms in total. The average molecular weight is 421 g/mol. The van der Waals surface area contributed by atoms with E-state index >= 15 is 0 Å². The van der Waals surface area contributed by atoms with Gasteiger partial charge in [0.25, 0.3) is 0 Å². The van der Waals surface area contributed by atoms with Crippen LogP contribution in [0, 0.1) is 0 Å². The molecule has 0 bridgehead atoms. The van der Waals surface area contributed by atoms with Crippen LogP contribution >= 0.6 is 34.4 Å². The van der Waals surface area contributed by atoms with Crippen LogP contribution in [0.5, 0.6) is 0 Å². The minimum Gasteiger partial charge on any atom is -0.355 e. The fourth-order valence-electron chi connectivity index (χ4n) is 2.89. The first-order valence-electron chi connectivity index (χ1n) is 8.79. The third kappa shape index (κ3) is 4.60. The van der Waals surface area contributed by atoms with Crippen molar-refractivity contribution in [3.8, 4) is 10.6 Å². The highest BCUT2D eigenvalue weighted by atomic mass is 32.2.